The SMILES string of the molecule is CN1CCC(NC2(C)N=CC(N)=CN2)CC1. The fraction of sp³-hybridized carbons (Fsp3) is 0.727. The fourth-order valence-electron chi connectivity index (χ4n) is 2.13. The Kier molecular flexibility index (Phi) is 3.16. The predicted molar refractivity (Wildman–Crippen MR) is 66.0 cm³/mol. The lowest BCUT2D eigenvalue weighted by atomic mass is 10.0. The lowest BCUT2D eigenvalue weighted by Gasteiger charge is -2.37. The number of hydrogen-bond acceptors (Lipinski definition) is 5. The molecule has 16 heavy (non-hydrogen) atoms. The van der Waals surface area contributed by atoms with E-state index >= 15 is 0 Å². The van der Waals surface area contributed by atoms with Gasteiger partial charge in [-0.15, -0.1) is 0 Å². The zero-order valence-corrected chi connectivity index (χ0v) is 10.0. The maximum atomic E-state index is 5.62. The molecule has 0 saturated carbocycles. The van der Waals surface area contributed by atoms with Crippen LogP contribution >= 0.6 is 0 Å². The van der Waals surface area contributed by atoms with Gasteiger partial charge < -0.3 is 16.0 Å². The Balaban J connectivity index is 1.88. The Labute approximate surface area is 96.8 Å². The van der Waals surface area contributed by atoms with Crippen molar-refractivity contribution in [2.45, 2.75) is 31.6 Å². The van der Waals surface area contributed by atoms with Crippen LogP contribution in [0.4, 0.5) is 0 Å². The van der Waals surface area contributed by atoms with Crippen LogP contribution in [0.15, 0.2) is 16.9 Å². The molecule has 1 unspecified atom stereocenters. The number of nitrogens with zero attached hydrogens (tertiary/aromatic N) is 2. The second-order valence-corrected chi connectivity index (χ2v) is 4.84. The first-order valence-electron chi connectivity index (χ1n) is 5.82. The summed E-state index contributed by atoms with van der Waals surface area (Å²) < 4.78 is 0. The van der Waals surface area contributed by atoms with Gasteiger partial charge in [-0.1, -0.05) is 0 Å². The molecule has 2 heterocycles. The van der Waals surface area contributed by atoms with Crippen molar-refractivity contribution in [3.05, 3.63) is 11.9 Å². The highest BCUT2D eigenvalue weighted by atomic mass is 15.3. The average Bonchev–Trinajstić information content (AvgIpc) is 2.27. The lowest BCUT2D eigenvalue weighted by Crippen LogP contribution is -2.58. The van der Waals surface area contributed by atoms with Gasteiger partial charge in [0.25, 0.3) is 0 Å². The van der Waals surface area contributed by atoms with E-state index in [4.69, 9.17) is 5.73 Å². The van der Waals surface area contributed by atoms with Crippen molar-refractivity contribution in [1.29, 1.82) is 0 Å². The van der Waals surface area contributed by atoms with Crippen LogP contribution < -0.4 is 16.4 Å². The van der Waals surface area contributed by atoms with E-state index in [9.17, 15) is 0 Å². The minimum Gasteiger partial charge on any atom is -0.396 e. The molecule has 0 aromatic heterocycles. The molecule has 0 bridgehead atoms. The fourth-order valence-corrected chi connectivity index (χ4v) is 2.13. The first-order valence-corrected chi connectivity index (χ1v) is 5.82. The van der Waals surface area contributed by atoms with Crippen molar-refractivity contribution >= 4 is 6.21 Å². The largest absolute Gasteiger partial charge is 0.396 e. The van der Waals surface area contributed by atoms with Crippen LogP contribution in [-0.2, 0) is 0 Å². The van der Waals surface area contributed by atoms with Crippen LogP contribution in [-0.4, -0.2) is 43.1 Å². The summed E-state index contributed by atoms with van der Waals surface area (Å²) in [6, 6.07) is 0.526. The van der Waals surface area contributed by atoms with Crippen molar-refractivity contribution in [1.82, 2.24) is 15.5 Å². The maximum Gasteiger partial charge on any atom is 0.181 e. The molecule has 4 N–H and O–H groups in total. The lowest BCUT2D eigenvalue weighted by molar-refractivity contribution is 0.191. The average molecular weight is 223 g/mol. The highest BCUT2D eigenvalue weighted by molar-refractivity contribution is 5.78. The molecule has 0 aliphatic carbocycles. The van der Waals surface area contributed by atoms with Crippen LogP contribution in [0.5, 0.6) is 0 Å². The number of nitrogens with one attached hydrogen (secondary N) is 2. The minimum atomic E-state index is -0.399. The van der Waals surface area contributed by atoms with Crippen molar-refractivity contribution in [3.63, 3.8) is 0 Å². The molecule has 1 fully saturated rings. The van der Waals surface area contributed by atoms with Gasteiger partial charge in [-0.3, -0.25) is 5.32 Å². The second kappa shape index (κ2) is 4.43. The van der Waals surface area contributed by atoms with Crippen molar-refractivity contribution in [2.75, 3.05) is 20.1 Å². The van der Waals surface area contributed by atoms with E-state index in [0.717, 1.165) is 13.1 Å². The molecule has 0 amide bonds. The van der Waals surface area contributed by atoms with Gasteiger partial charge in [0.05, 0.1) is 5.70 Å². The molecule has 1 saturated heterocycles. The number of nitrogens with two attached hydrogens (primary N) is 1. The highest BCUT2D eigenvalue weighted by Crippen LogP contribution is 2.14. The Hall–Kier alpha value is -1.07. The van der Waals surface area contributed by atoms with E-state index in [2.05, 4.69) is 27.6 Å². The van der Waals surface area contributed by atoms with Gasteiger partial charge in [0.15, 0.2) is 5.79 Å². The summed E-state index contributed by atoms with van der Waals surface area (Å²) in [5.74, 6) is -0.399. The van der Waals surface area contributed by atoms with E-state index < -0.39 is 5.79 Å². The molecular weight excluding hydrogens is 202 g/mol. The number of rotatable bonds is 2. The predicted octanol–water partition coefficient (Wildman–Crippen LogP) is -0.182. The van der Waals surface area contributed by atoms with Gasteiger partial charge in [-0.2, -0.15) is 0 Å². The zero-order valence-electron chi connectivity index (χ0n) is 10.0. The molecule has 2 aliphatic rings. The molecule has 2 rings (SSSR count). The third kappa shape index (κ3) is 2.74. The number of aliphatic imine (C=N–C) groups is 1. The zero-order chi connectivity index (χ0) is 11.6. The van der Waals surface area contributed by atoms with Crippen LogP contribution in [0.1, 0.15) is 19.8 Å². The van der Waals surface area contributed by atoms with Crippen LogP contribution in [0.25, 0.3) is 0 Å². The van der Waals surface area contributed by atoms with Gasteiger partial charge in [0.2, 0.25) is 0 Å². The first kappa shape index (κ1) is 11.4. The van der Waals surface area contributed by atoms with Crippen molar-refractivity contribution < 1.29 is 0 Å². The number of hydrogen-bond donors (Lipinski definition) is 3. The molecule has 0 spiro atoms. The van der Waals surface area contributed by atoms with Crippen molar-refractivity contribution in [3.8, 4) is 0 Å². The van der Waals surface area contributed by atoms with Crippen molar-refractivity contribution in [2.24, 2.45) is 10.7 Å². The van der Waals surface area contributed by atoms with Gasteiger partial charge >= 0.3 is 0 Å². The Bertz CT molecular complexity index is 303. The summed E-state index contributed by atoms with van der Waals surface area (Å²) in [6.45, 7) is 4.33. The molecular formula is C11H21N5. The van der Waals surface area contributed by atoms with Crippen LogP contribution in [0.2, 0.25) is 0 Å². The summed E-state index contributed by atoms with van der Waals surface area (Å²) in [5.41, 5.74) is 6.29. The summed E-state index contributed by atoms with van der Waals surface area (Å²) >= 11 is 0. The van der Waals surface area contributed by atoms with Crippen LogP contribution in [0.3, 0.4) is 0 Å². The topological polar surface area (TPSA) is 65.7 Å². The summed E-state index contributed by atoms with van der Waals surface area (Å²) in [5, 5.41) is 6.73. The number of piperidine rings is 1. The molecule has 5 nitrogen and oxygen atoms in total. The Morgan fingerprint density at radius 1 is 1.56 bits per heavy atom. The van der Waals surface area contributed by atoms with Gasteiger partial charge in [0, 0.05) is 18.5 Å². The highest BCUT2D eigenvalue weighted by Gasteiger charge is 2.28. The molecule has 2 aliphatic heterocycles. The van der Waals surface area contributed by atoms with E-state index in [1.54, 1.807) is 12.4 Å². The Morgan fingerprint density at radius 2 is 2.25 bits per heavy atom. The summed E-state index contributed by atoms with van der Waals surface area (Å²) in [7, 11) is 2.17. The summed E-state index contributed by atoms with van der Waals surface area (Å²) in [4.78, 5) is 6.76. The van der Waals surface area contributed by atoms with E-state index in [1.165, 1.54) is 12.8 Å². The van der Waals surface area contributed by atoms with Crippen LogP contribution in [0, 0.1) is 0 Å². The quantitative estimate of drug-likeness (QED) is 0.607. The van der Waals surface area contributed by atoms with E-state index in [0.29, 0.717) is 11.7 Å². The number of likely N-dealkylation sites (tertiary alicyclic amines) is 1. The molecule has 5 heteroatoms. The molecule has 1 atom stereocenters. The monoisotopic (exact) mass is 223 g/mol. The minimum absolute atomic E-state index is 0.399. The van der Waals surface area contributed by atoms with Gasteiger partial charge in [-0.25, -0.2) is 4.99 Å². The molecule has 0 aromatic carbocycles. The Morgan fingerprint density at radius 3 is 2.81 bits per heavy atom. The molecule has 90 valence electrons. The maximum absolute atomic E-state index is 5.62. The molecule has 0 aromatic rings. The third-order valence-electron chi connectivity index (χ3n) is 3.20. The van der Waals surface area contributed by atoms with Gasteiger partial charge in [-0.05, 0) is 39.9 Å². The molecule has 0 radical (unpaired) electrons. The van der Waals surface area contributed by atoms with Gasteiger partial charge in [0.1, 0.15) is 0 Å². The second-order valence-electron chi connectivity index (χ2n) is 4.84. The smallest absolute Gasteiger partial charge is 0.181 e. The van der Waals surface area contributed by atoms with E-state index in [-0.39, 0.29) is 0 Å². The van der Waals surface area contributed by atoms with E-state index in [1.807, 2.05) is 6.92 Å². The normalized spacial score (nSPS) is 32.2. The standard InChI is InChI=1S/C11H21N5/c1-11(13-7-9(12)8-14-11)15-10-3-5-16(2)6-4-10/h7-8,10,13,15H,3-6,12H2,1-2H3. The number of allylic oxidation sites excluding steroid dienone is 1. The third-order valence-corrected chi connectivity index (χ3v) is 3.20. The summed E-state index contributed by atoms with van der Waals surface area (Å²) in [6.07, 6.45) is 5.85. The first-order chi connectivity index (χ1) is 7.57.